The number of furan rings is 1. The SMILES string of the molecule is CC1CCCC/C1=N/NC(=O)c1ccc(C(=O)N/N=C2\CCCCC2C)o1. The van der Waals surface area contributed by atoms with E-state index in [1.165, 1.54) is 25.0 Å². The lowest BCUT2D eigenvalue weighted by Crippen LogP contribution is -2.24. The molecule has 2 saturated carbocycles. The third-order valence-corrected chi connectivity index (χ3v) is 5.43. The first kappa shape index (κ1) is 19.3. The zero-order chi connectivity index (χ0) is 19.2. The van der Waals surface area contributed by atoms with Gasteiger partial charge in [0.25, 0.3) is 0 Å². The van der Waals surface area contributed by atoms with E-state index in [2.05, 4.69) is 34.9 Å². The van der Waals surface area contributed by atoms with Crippen LogP contribution in [0.5, 0.6) is 0 Å². The standard InChI is InChI=1S/C20H28N4O3/c1-13-7-3-5-9-15(13)21-23-19(25)17-11-12-18(27-17)20(26)24-22-16-10-6-4-8-14(16)2/h11-14H,3-10H2,1-2H3,(H,23,25)(H,24,26)/b21-15-,22-16+. The molecule has 2 amide bonds. The van der Waals surface area contributed by atoms with Gasteiger partial charge >= 0.3 is 11.8 Å². The van der Waals surface area contributed by atoms with E-state index in [1.807, 2.05) is 0 Å². The molecule has 27 heavy (non-hydrogen) atoms. The number of rotatable bonds is 4. The maximum atomic E-state index is 12.2. The Balaban J connectivity index is 1.57. The van der Waals surface area contributed by atoms with Gasteiger partial charge in [-0.25, -0.2) is 10.9 Å². The lowest BCUT2D eigenvalue weighted by molar-refractivity contribution is 0.0901. The van der Waals surface area contributed by atoms with Gasteiger partial charge < -0.3 is 4.42 Å². The summed E-state index contributed by atoms with van der Waals surface area (Å²) in [6.07, 6.45) is 8.62. The van der Waals surface area contributed by atoms with Gasteiger partial charge in [0.2, 0.25) is 0 Å². The fraction of sp³-hybridized carbons (Fsp3) is 0.600. The van der Waals surface area contributed by atoms with E-state index in [4.69, 9.17) is 4.42 Å². The summed E-state index contributed by atoms with van der Waals surface area (Å²) in [5, 5.41) is 8.47. The minimum Gasteiger partial charge on any atom is -0.446 e. The van der Waals surface area contributed by atoms with Gasteiger partial charge in [-0.15, -0.1) is 0 Å². The monoisotopic (exact) mass is 372 g/mol. The molecule has 146 valence electrons. The Bertz CT molecular complexity index is 690. The zero-order valence-corrected chi connectivity index (χ0v) is 16.1. The Morgan fingerprint density at radius 1 is 0.852 bits per heavy atom. The van der Waals surface area contributed by atoms with Gasteiger partial charge in [0.05, 0.1) is 0 Å². The molecular formula is C20H28N4O3. The van der Waals surface area contributed by atoms with E-state index in [-0.39, 0.29) is 11.5 Å². The van der Waals surface area contributed by atoms with E-state index in [9.17, 15) is 9.59 Å². The maximum Gasteiger partial charge on any atom is 0.307 e. The minimum atomic E-state index is -0.452. The van der Waals surface area contributed by atoms with Crippen LogP contribution in [0, 0.1) is 11.8 Å². The summed E-state index contributed by atoms with van der Waals surface area (Å²) in [6.45, 7) is 4.24. The molecule has 2 aliphatic carbocycles. The molecule has 1 aromatic rings. The number of nitrogens with zero attached hydrogens (tertiary/aromatic N) is 2. The molecule has 2 aliphatic rings. The van der Waals surface area contributed by atoms with Crippen LogP contribution in [0.15, 0.2) is 26.8 Å². The second-order valence-electron chi connectivity index (χ2n) is 7.55. The predicted molar refractivity (Wildman–Crippen MR) is 104 cm³/mol. The molecular weight excluding hydrogens is 344 g/mol. The first-order valence-corrected chi connectivity index (χ1v) is 9.88. The summed E-state index contributed by atoms with van der Waals surface area (Å²) in [5.41, 5.74) is 7.10. The van der Waals surface area contributed by atoms with Crippen LogP contribution in [0.1, 0.15) is 86.3 Å². The van der Waals surface area contributed by atoms with Gasteiger partial charge in [-0.05, 0) is 62.5 Å². The normalized spacial score (nSPS) is 26.1. The number of carbonyl (C=O) groups excluding carboxylic acids is 2. The lowest BCUT2D eigenvalue weighted by atomic mass is 9.89. The van der Waals surface area contributed by atoms with Gasteiger partial charge in [0, 0.05) is 11.4 Å². The highest BCUT2D eigenvalue weighted by Crippen LogP contribution is 2.21. The van der Waals surface area contributed by atoms with Crippen LogP contribution in [0.25, 0.3) is 0 Å². The smallest absolute Gasteiger partial charge is 0.307 e. The van der Waals surface area contributed by atoms with E-state index >= 15 is 0 Å². The van der Waals surface area contributed by atoms with Gasteiger partial charge in [-0.2, -0.15) is 10.2 Å². The summed E-state index contributed by atoms with van der Waals surface area (Å²) >= 11 is 0. The molecule has 2 N–H and O–H groups in total. The van der Waals surface area contributed by atoms with Crippen LogP contribution >= 0.6 is 0 Å². The largest absolute Gasteiger partial charge is 0.446 e. The van der Waals surface area contributed by atoms with E-state index in [0.717, 1.165) is 49.9 Å². The van der Waals surface area contributed by atoms with E-state index in [1.54, 1.807) is 0 Å². The van der Waals surface area contributed by atoms with Crippen molar-refractivity contribution in [3.63, 3.8) is 0 Å². The molecule has 0 radical (unpaired) electrons. The second kappa shape index (κ2) is 8.97. The van der Waals surface area contributed by atoms with Gasteiger partial charge in [-0.1, -0.05) is 26.7 Å². The molecule has 0 aromatic carbocycles. The van der Waals surface area contributed by atoms with Crippen LogP contribution in [0.4, 0.5) is 0 Å². The van der Waals surface area contributed by atoms with Crippen LogP contribution < -0.4 is 10.9 Å². The zero-order valence-electron chi connectivity index (χ0n) is 16.1. The van der Waals surface area contributed by atoms with Crippen molar-refractivity contribution in [3.8, 4) is 0 Å². The molecule has 1 aromatic heterocycles. The van der Waals surface area contributed by atoms with Crippen LogP contribution in [-0.4, -0.2) is 23.2 Å². The molecule has 0 bridgehead atoms. The van der Waals surface area contributed by atoms with Crippen molar-refractivity contribution in [1.82, 2.24) is 10.9 Å². The van der Waals surface area contributed by atoms with Crippen molar-refractivity contribution in [2.45, 2.75) is 65.2 Å². The third kappa shape index (κ3) is 5.05. The molecule has 2 fully saturated rings. The summed E-state index contributed by atoms with van der Waals surface area (Å²) in [5.74, 6) is -0.00654. The molecule has 1 heterocycles. The van der Waals surface area contributed by atoms with Crippen molar-refractivity contribution in [2.75, 3.05) is 0 Å². The summed E-state index contributed by atoms with van der Waals surface area (Å²) < 4.78 is 5.38. The number of hydrogen-bond donors (Lipinski definition) is 2. The van der Waals surface area contributed by atoms with Gasteiger partial charge in [-0.3, -0.25) is 9.59 Å². The summed E-state index contributed by atoms with van der Waals surface area (Å²) in [7, 11) is 0. The topological polar surface area (TPSA) is 96.1 Å². The van der Waals surface area contributed by atoms with Gasteiger partial charge in [0.15, 0.2) is 11.5 Å². The average Bonchev–Trinajstić information content (AvgIpc) is 3.17. The Morgan fingerprint density at radius 3 is 1.70 bits per heavy atom. The van der Waals surface area contributed by atoms with Crippen molar-refractivity contribution in [2.24, 2.45) is 22.0 Å². The number of hydrogen-bond acceptors (Lipinski definition) is 5. The molecule has 3 rings (SSSR count). The maximum absolute atomic E-state index is 12.2. The highest BCUT2D eigenvalue weighted by Gasteiger charge is 2.19. The lowest BCUT2D eigenvalue weighted by Gasteiger charge is -2.19. The van der Waals surface area contributed by atoms with E-state index in [0.29, 0.717) is 11.8 Å². The van der Waals surface area contributed by atoms with Gasteiger partial charge in [0.1, 0.15) is 0 Å². The van der Waals surface area contributed by atoms with Crippen LogP contribution in [0.2, 0.25) is 0 Å². The van der Waals surface area contributed by atoms with Crippen molar-refractivity contribution in [1.29, 1.82) is 0 Å². The van der Waals surface area contributed by atoms with Crippen LogP contribution in [-0.2, 0) is 0 Å². The fourth-order valence-electron chi connectivity index (χ4n) is 3.61. The Hall–Kier alpha value is -2.44. The fourth-order valence-corrected chi connectivity index (χ4v) is 3.61. The molecule has 7 heteroatoms. The highest BCUT2D eigenvalue weighted by atomic mass is 16.4. The first-order valence-electron chi connectivity index (χ1n) is 9.88. The summed E-state index contributed by atoms with van der Waals surface area (Å²) in [4.78, 5) is 24.4. The van der Waals surface area contributed by atoms with E-state index < -0.39 is 11.8 Å². The average molecular weight is 372 g/mol. The highest BCUT2D eigenvalue weighted by molar-refractivity contribution is 5.97. The van der Waals surface area contributed by atoms with Crippen molar-refractivity contribution in [3.05, 3.63) is 23.7 Å². The van der Waals surface area contributed by atoms with Crippen LogP contribution in [0.3, 0.4) is 0 Å². The number of hydrazone groups is 2. The molecule has 2 unspecified atom stereocenters. The number of carbonyl (C=O) groups is 2. The quantitative estimate of drug-likeness (QED) is 0.785. The molecule has 2 atom stereocenters. The van der Waals surface area contributed by atoms with Crippen molar-refractivity contribution >= 4 is 23.2 Å². The second-order valence-corrected chi connectivity index (χ2v) is 7.55. The Kier molecular flexibility index (Phi) is 6.42. The number of amides is 2. The molecule has 7 nitrogen and oxygen atoms in total. The summed E-state index contributed by atoms with van der Waals surface area (Å²) in [6, 6.07) is 2.95. The minimum absolute atomic E-state index is 0.0617. The molecule has 0 aliphatic heterocycles. The molecule has 0 saturated heterocycles. The number of nitrogens with one attached hydrogen (secondary N) is 2. The molecule has 0 spiro atoms. The Labute approximate surface area is 159 Å². The first-order chi connectivity index (χ1) is 13.0. The predicted octanol–water partition coefficient (Wildman–Crippen LogP) is 3.87. The van der Waals surface area contributed by atoms with Crippen molar-refractivity contribution < 1.29 is 14.0 Å². The third-order valence-electron chi connectivity index (χ3n) is 5.43. The Morgan fingerprint density at radius 2 is 1.30 bits per heavy atom.